The van der Waals surface area contributed by atoms with Gasteiger partial charge in [-0.2, -0.15) is 0 Å². The van der Waals surface area contributed by atoms with E-state index in [9.17, 15) is 4.79 Å². The van der Waals surface area contributed by atoms with Crippen molar-refractivity contribution >= 4 is 5.91 Å². The second kappa shape index (κ2) is 6.36. The third-order valence-electron chi connectivity index (χ3n) is 3.32. The van der Waals surface area contributed by atoms with Crippen molar-refractivity contribution in [2.45, 2.75) is 32.6 Å². The molecule has 1 aromatic rings. The molecule has 0 unspecified atom stereocenters. The van der Waals surface area contributed by atoms with E-state index >= 15 is 0 Å². The van der Waals surface area contributed by atoms with Gasteiger partial charge in [-0.05, 0) is 43.7 Å². The molecule has 1 aliphatic rings. The van der Waals surface area contributed by atoms with Gasteiger partial charge in [0.15, 0.2) is 0 Å². The highest BCUT2D eigenvalue weighted by atomic mass is 16.2. The number of rotatable bonds is 5. The normalized spacial score (nSPS) is 17.2. The first kappa shape index (κ1) is 12.8. The molecule has 0 atom stereocenters. The Kier molecular flexibility index (Phi) is 4.53. The summed E-state index contributed by atoms with van der Waals surface area (Å²) >= 11 is 0. The van der Waals surface area contributed by atoms with Crippen molar-refractivity contribution in [1.82, 2.24) is 10.9 Å². The quantitative estimate of drug-likeness (QED) is 0.616. The van der Waals surface area contributed by atoms with E-state index in [1.54, 1.807) is 0 Å². The van der Waals surface area contributed by atoms with E-state index in [0.29, 0.717) is 6.54 Å². The third kappa shape index (κ3) is 3.44. The van der Waals surface area contributed by atoms with Crippen LogP contribution in [0.15, 0.2) is 35.9 Å². The Bertz CT molecular complexity index is 452. The summed E-state index contributed by atoms with van der Waals surface area (Å²) in [5.41, 5.74) is 9.09. The standard InChI is InChI=1S/C15H20N2O/c1-12-7-5-6-9-13(12)8-3-2-4-10-14-11-16-17-15(14)18/h5-7,9-10,16H,2-4,8,11H2,1H3,(H,17,18). The summed E-state index contributed by atoms with van der Waals surface area (Å²) in [6.45, 7) is 2.81. The van der Waals surface area contributed by atoms with Gasteiger partial charge in [-0.25, -0.2) is 5.43 Å². The van der Waals surface area contributed by atoms with Crippen LogP contribution in [0.5, 0.6) is 0 Å². The predicted molar refractivity (Wildman–Crippen MR) is 73.0 cm³/mol. The first-order chi connectivity index (χ1) is 8.77. The number of allylic oxidation sites excluding steroid dienone is 1. The number of hydrogen-bond donors (Lipinski definition) is 2. The molecule has 96 valence electrons. The maximum atomic E-state index is 11.3. The van der Waals surface area contributed by atoms with Gasteiger partial charge in [-0.1, -0.05) is 30.3 Å². The minimum atomic E-state index is 0.0221. The smallest absolute Gasteiger partial charge is 0.262 e. The zero-order valence-corrected chi connectivity index (χ0v) is 10.8. The monoisotopic (exact) mass is 244 g/mol. The first-order valence-electron chi connectivity index (χ1n) is 6.54. The van der Waals surface area contributed by atoms with Gasteiger partial charge >= 0.3 is 0 Å². The van der Waals surface area contributed by atoms with Crippen LogP contribution < -0.4 is 10.9 Å². The van der Waals surface area contributed by atoms with Gasteiger partial charge in [-0.15, -0.1) is 0 Å². The van der Waals surface area contributed by atoms with Crippen LogP contribution in [0.2, 0.25) is 0 Å². The number of carbonyl (C=O) groups is 1. The molecule has 2 N–H and O–H groups in total. The molecule has 1 aliphatic heterocycles. The zero-order chi connectivity index (χ0) is 12.8. The summed E-state index contributed by atoms with van der Waals surface area (Å²) in [7, 11) is 0. The summed E-state index contributed by atoms with van der Waals surface area (Å²) in [6, 6.07) is 8.53. The molecule has 0 aliphatic carbocycles. The van der Waals surface area contributed by atoms with Gasteiger partial charge in [0.1, 0.15) is 0 Å². The van der Waals surface area contributed by atoms with Crippen LogP contribution in [0.3, 0.4) is 0 Å². The Labute approximate surface area is 108 Å². The minimum absolute atomic E-state index is 0.0221. The Morgan fingerprint density at radius 3 is 2.83 bits per heavy atom. The highest BCUT2D eigenvalue weighted by molar-refractivity contribution is 5.95. The maximum Gasteiger partial charge on any atom is 0.262 e. The number of aryl methyl sites for hydroxylation is 2. The molecule has 0 aromatic heterocycles. The van der Waals surface area contributed by atoms with Crippen molar-refractivity contribution in [1.29, 1.82) is 0 Å². The van der Waals surface area contributed by atoms with E-state index < -0.39 is 0 Å². The number of unbranched alkanes of at least 4 members (excludes halogenated alkanes) is 2. The lowest BCUT2D eigenvalue weighted by molar-refractivity contribution is -0.116. The van der Waals surface area contributed by atoms with Crippen molar-refractivity contribution in [3.05, 3.63) is 47.0 Å². The number of carbonyl (C=O) groups excluding carboxylic acids is 1. The second-order valence-corrected chi connectivity index (χ2v) is 4.71. The predicted octanol–water partition coefficient (Wildman–Crippen LogP) is 2.27. The molecule has 0 saturated carbocycles. The molecule has 1 fully saturated rings. The molecule has 1 heterocycles. The lowest BCUT2D eigenvalue weighted by Crippen LogP contribution is -2.25. The molecule has 3 heteroatoms. The zero-order valence-electron chi connectivity index (χ0n) is 10.8. The van der Waals surface area contributed by atoms with Gasteiger partial charge < -0.3 is 0 Å². The van der Waals surface area contributed by atoms with Crippen LogP contribution in [-0.2, 0) is 11.2 Å². The van der Waals surface area contributed by atoms with Crippen molar-refractivity contribution in [3.63, 3.8) is 0 Å². The topological polar surface area (TPSA) is 41.1 Å². The van der Waals surface area contributed by atoms with Crippen LogP contribution >= 0.6 is 0 Å². The van der Waals surface area contributed by atoms with Crippen molar-refractivity contribution in [2.24, 2.45) is 0 Å². The number of hydrogen-bond acceptors (Lipinski definition) is 2. The van der Waals surface area contributed by atoms with Crippen molar-refractivity contribution in [2.75, 3.05) is 6.54 Å². The molecule has 0 radical (unpaired) electrons. The Balaban J connectivity index is 1.70. The molecule has 0 spiro atoms. The highest BCUT2D eigenvalue weighted by Crippen LogP contribution is 2.12. The summed E-state index contributed by atoms with van der Waals surface area (Å²) in [6.07, 6.45) is 6.46. The summed E-state index contributed by atoms with van der Waals surface area (Å²) < 4.78 is 0. The first-order valence-corrected chi connectivity index (χ1v) is 6.54. The Hall–Kier alpha value is -1.61. The number of nitrogens with one attached hydrogen (secondary N) is 2. The van der Waals surface area contributed by atoms with E-state index in [0.717, 1.165) is 24.8 Å². The lowest BCUT2D eigenvalue weighted by atomic mass is 10.0. The molecule has 2 rings (SSSR count). The average molecular weight is 244 g/mol. The third-order valence-corrected chi connectivity index (χ3v) is 3.32. The number of hydrazine groups is 1. The van der Waals surface area contributed by atoms with Crippen LogP contribution in [-0.4, -0.2) is 12.5 Å². The van der Waals surface area contributed by atoms with E-state index in [1.807, 2.05) is 6.08 Å². The molecule has 1 amide bonds. The van der Waals surface area contributed by atoms with Gasteiger partial charge in [0.05, 0.1) is 0 Å². The number of amides is 1. The van der Waals surface area contributed by atoms with E-state index in [-0.39, 0.29) is 5.91 Å². The largest absolute Gasteiger partial charge is 0.287 e. The molecule has 1 aromatic carbocycles. The van der Waals surface area contributed by atoms with Crippen molar-refractivity contribution < 1.29 is 4.79 Å². The van der Waals surface area contributed by atoms with E-state index in [4.69, 9.17) is 0 Å². The van der Waals surface area contributed by atoms with Gasteiger partial charge in [0, 0.05) is 12.1 Å². The molecule has 18 heavy (non-hydrogen) atoms. The lowest BCUT2D eigenvalue weighted by Gasteiger charge is -2.04. The fourth-order valence-corrected chi connectivity index (χ4v) is 2.17. The maximum absolute atomic E-state index is 11.3. The van der Waals surface area contributed by atoms with Crippen LogP contribution in [0.25, 0.3) is 0 Å². The van der Waals surface area contributed by atoms with Crippen LogP contribution in [0.4, 0.5) is 0 Å². The van der Waals surface area contributed by atoms with Crippen molar-refractivity contribution in [3.8, 4) is 0 Å². The van der Waals surface area contributed by atoms with E-state index in [1.165, 1.54) is 17.5 Å². The van der Waals surface area contributed by atoms with Crippen LogP contribution in [0.1, 0.15) is 30.4 Å². The average Bonchev–Trinajstić information content (AvgIpc) is 2.77. The Morgan fingerprint density at radius 1 is 1.28 bits per heavy atom. The highest BCUT2D eigenvalue weighted by Gasteiger charge is 2.14. The minimum Gasteiger partial charge on any atom is -0.287 e. The van der Waals surface area contributed by atoms with Gasteiger partial charge in [0.2, 0.25) is 0 Å². The molecular formula is C15H20N2O. The van der Waals surface area contributed by atoms with Gasteiger partial charge in [0.25, 0.3) is 5.91 Å². The molecule has 1 saturated heterocycles. The molecular weight excluding hydrogens is 224 g/mol. The summed E-state index contributed by atoms with van der Waals surface area (Å²) in [5.74, 6) is 0.0221. The summed E-state index contributed by atoms with van der Waals surface area (Å²) in [5, 5.41) is 0. The second-order valence-electron chi connectivity index (χ2n) is 4.71. The fourth-order valence-electron chi connectivity index (χ4n) is 2.17. The molecule has 3 nitrogen and oxygen atoms in total. The summed E-state index contributed by atoms with van der Waals surface area (Å²) in [4.78, 5) is 11.3. The number of benzene rings is 1. The Morgan fingerprint density at radius 2 is 2.11 bits per heavy atom. The fraction of sp³-hybridized carbons (Fsp3) is 0.400. The molecule has 0 bridgehead atoms. The van der Waals surface area contributed by atoms with Gasteiger partial charge in [-0.3, -0.25) is 10.2 Å². The SMILES string of the molecule is Cc1ccccc1CCCCC=C1CNNC1=O. The van der Waals surface area contributed by atoms with Crippen LogP contribution in [0, 0.1) is 6.92 Å². The van der Waals surface area contributed by atoms with E-state index in [2.05, 4.69) is 42.0 Å².